The van der Waals surface area contributed by atoms with Crippen molar-refractivity contribution in [3.8, 4) is 11.5 Å². The smallest absolute Gasteiger partial charge is 0.303 e. The molecule has 0 aliphatic rings. The Bertz CT molecular complexity index is 4250. The number of carboxylic acid groups (broad SMARTS) is 1. The monoisotopic (exact) mass is 1800 g/mol. The molecule has 0 saturated carbocycles. The first-order chi connectivity index (χ1) is 60.2. The number of benzene rings is 3. The predicted molar refractivity (Wildman–Crippen MR) is 464 cm³/mol. The molecule has 44 heteroatoms. The van der Waals surface area contributed by atoms with Gasteiger partial charge < -0.3 is 134 Å². The Morgan fingerprint density at radius 3 is 1.01 bits per heavy atom. The lowest BCUT2D eigenvalue weighted by atomic mass is 9.98. The molecular weight excluding hydrogens is 1670 g/mol. The maximum absolute atomic E-state index is 15.0. The number of hydrogen-bond donors (Lipinski definition) is 26. The Labute approximate surface area is 741 Å². The van der Waals surface area contributed by atoms with Gasteiger partial charge in [0.2, 0.25) is 100 Å². The Morgan fingerprint density at radius 1 is 0.352 bits per heavy atom. The number of nitrogens with two attached hydrogens (primary N) is 5. The highest BCUT2D eigenvalue weighted by atomic mass is 16.4. The Hall–Kier alpha value is -13.1. The van der Waals surface area contributed by atoms with E-state index in [0.29, 0.717) is 23.1 Å². The minimum Gasteiger partial charge on any atom is -0.508 e. The highest BCUT2D eigenvalue weighted by molar-refractivity contribution is 6.01. The van der Waals surface area contributed by atoms with Gasteiger partial charge in [-0.3, -0.25) is 91.7 Å². The summed E-state index contributed by atoms with van der Waals surface area (Å²) < 4.78 is 0. The van der Waals surface area contributed by atoms with Gasteiger partial charge in [0, 0.05) is 45.6 Å². The molecule has 0 spiro atoms. The van der Waals surface area contributed by atoms with Gasteiger partial charge in [0.1, 0.15) is 96.1 Å². The van der Waals surface area contributed by atoms with E-state index in [1.807, 2.05) is 0 Å². The molecule has 0 saturated heterocycles. The number of hydrogen-bond acceptors (Lipinski definition) is 24. The number of unbranched alkanes of at least 4 members (excludes halogenated alkanes) is 1. The summed E-state index contributed by atoms with van der Waals surface area (Å²) in [4.78, 5) is 248. The van der Waals surface area contributed by atoms with E-state index in [1.165, 1.54) is 62.4 Å². The van der Waals surface area contributed by atoms with E-state index in [2.05, 4.69) is 79.8 Å². The van der Waals surface area contributed by atoms with Gasteiger partial charge in [-0.15, -0.1) is 0 Å². The molecule has 0 radical (unpaired) electrons. The lowest BCUT2D eigenvalue weighted by Crippen LogP contribution is -2.62. The molecule has 3 aromatic rings. The zero-order valence-electron chi connectivity index (χ0n) is 73.5. The maximum atomic E-state index is 15.0. The van der Waals surface area contributed by atoms with Crippen LogP contribution in [-0.2, 0) is 106 Å². The Morgan fingerprint density at radius 2 is 0.664 bits per heavy atom. The van der Waals surface area contributed by atoms with Crippen molar-refractivity contribution in [2.24, 2.45) is 52.3 Å². The number of amides is 17. The lowest BCUT2D eigenvalue weighted by molar-refractivity contribution is -0.139. The van der Waals surface area contributed by atoms with Crippen molar-refractivity contribution < 1.29 is 112 Å². The number of nitrogens with one attached hydrogen (secondary N) is 16. The summed E-state index contributed by atoms with van der Waals surface area (Å²) in [6, 6.07) is -3.24. The quantitative estimate of drug-likeness (QED) is 0.0142. The summed E-state index contributed by atoms with van der Waals surface area (Å²) in [6.07, 6.45) is -4.15. The predicted octanol–water partition coefficient (Wildman–Crippen LogP) is -5.41. The molecule has 14 atom stereocenters. The van der Waals surface area contributed by atoms with Crippen LogP contribution in [0, 0.1) is 29.1 Å². The number of aliphatic hydroxyl groups excluding tert-OH is 2. The third kappa shape index (κ3) is 41.3. The number of rotatable bonds is 59. The van der Waals surface area contributed by atoms with Gasteiger partial charge in [-0.25, -0.2) is 0 Å². The van der Waals surface area contributed by atoms with E-state index >= 15 is 4.79 Å². The number of aliphatic hydroxyl groups is 2. The second-order valence-corrected chi connectivity index (χ2v) is 32.7. The van der Waals surface area contributed by atoms with E-state index in [0.717, 1.165) is 6.92 Å². The number of phenolic OH excluding ortho intramolecular Hbond substituents is 2. The Balaban J connectivity index is 2.07. The number of primary amides is 3. The molecule has 0 heterocycles. The molecule has 17 amide bonds. The standard InChI is InChI=1S/C84H129N21O23/c1-43(2)34-58(75(120)94-54(19-15-33-91-84(89)90)72(117)98-60(36-45(5)6)77(122)102-62(38-49-20-24-51(109)25-21-49)78(123)97-57(70(88)115)40-67(87)112)100-80(125)63(39-50-22-26-52(110)27-23-50)103-83(128)69(46(7)8)105-74(119)56(29-31-68(113)114)95-76(121)59(35-44(3)4)99-79(124)61(37-48-16-11-10-12-17-48)101-71(116)53(18-13-14-32-85)93-73(118)55(28-30-66(86)111)96-82(127)65(42-107)104-81(126)64(41-106)92-47(9)108/h10-12,16-17,20-27,43-46,53-65,69,106-107,109-110H,13-15,18-19,28-42,85H2,1-9H3,(H2,86,111)(H2,87,112)(H2,88,115)(H,92,108)(H,93,118)(H,94,120)(H,95,121)(H,96,127)(H,97,123)(H,98,117)(H,99,124)(H,100,125)(H,101,116)(H,102,122)(H,103,128)(H,104,126)(H,105,119)(H,113,114)(H4,89,90,91)/t53-,54-,55-,56-,57-,58-,59-,60-,61-,62-,63-,64-,65-,69-/m0/s1. The number of aromatic hydroxyl groups is 2. The second kappa shape index (κ2) is 56.1. The fraction of sp³-hybridized carbons (Fsp3) is 0.560. The van der Waals surface area contributed by atoms with E-state index in [9.17, 15) is 107 Å². The van der Waals surface area contributed by atoms with Crippen molar-refractivity contribution in [3.05, 3.63) is 95.6 Å². The van der Waals surface area contributed by atoms with Crippen molar-refractivity contribution in [2.45, 2.75) is 250 Å². The van der Waals surface area contributed by atoms with Gasteiger partial charge in [0.15, 0.2) is 5.96 Å². The van der Waals surface area contributed by atoms with Crippen LogP contribution in [0.15, 0.2) is 78.9 Å². The molecule has 0 fully saturated rings. The van der Waals surface area contributed by atoms with E-state index in [4.69, 9.17) is 34.1 Å². The first kappa shape index (κ1) is 109. The minimum atomic E-state index is -1.80. The number of carbonyl (C=O) groups excluding carboxylic acids is 17. The minimum absolute atomic E-state index is 0.00409. The van der Waals surface area contributed by atoms with Gasteiger partial charge >= 0.3 is 5.97 Å². The fourth-order valence-corrected chi connectivity index (χ4v) is 13.1. The molecule has 0 aliphatic carbocycles. The maximum Gasteiger partial charge on any atom is 0.303 e. The molecule has 3 rings (SSSR count). The summed E-state index contributed by atoms with van der Waals surface area (Å²) in [5, 5.41) is 95.6. The average Bonchev–Trinajstić information content (AvgIpc) is 0.840. The summed E-state index contributed by atoms with van der Waals surface area (Å²) >= 11 is 0. The zero-order valence-corrected chi connectivity index (χ0v) is 73.5. The number of phenols is 2. The third-order valence-electron chi connectivity index (χ3n) is 19.7. The van der Waals surface area contributed by atoms with Crippen LogP contribution in [0.4, 0.5) is 0 Å². The molecule has 31 N–H and O–H groups in total. The van der Waals surface area contributed by atoms with Crippen LogP contribution < -0.4 is 108 Å². The SMILES string of the molecule is CC(=O)N[C@@H](CO)C(=O)N[C@@H](CO)C(=O)N[C@@H](CCC(N)=O)C(=O)N[C@@H](CCCCN)C(=O)N[C@@H](Cc1ccccc1)C(=O)N[C@@H](CC(C)C)C(=O)N[C@@H](CCC(=O)O)C(=O)N[C@H](C(=O)N[C@@H](Cc1ccc(O)cc1)C(=O)N[C@@H](CC(C)C)C(=O)N[C@@H](CCCNC(=N)N)C(=O)N[C@@H](CC(C)C)C(=O)N[C@@H](Cc1ccc(O)cc1)C(=O)N[C@@H](CC(N)=O)C(N)=O)C(C)C. The molecule has 0 unspecified atom stereocenters. The zero-order chi connectivity index (χ0) is 96.2. The van der Waals surface area contributed by atoms with Crippen LogP contribution in [-0.4, -0.2) is 249 Å². The third-order valence-corrected chi connectivity index (χ3v) is 19.7. The van der Waals surface area contributed by atoms with E-state index in [-0.39, 0.29) is 101 Å². The summed E-state index contributed by atoms with van der Waals surface area (Å²) in [7, 11) is 0. The van der Waals surface area contributed by atoms with E-state index < -0.39 is 254 Å². The van der Waals surface area contributed by atoms with Crippen LogP contribution in [0.5, 0.6) is 11.5 Å². The van der Waals surface area contributed by atoms with Crippen molar-refractivity contribution >= 4 is 112 Å². The number of carboxylic acids is 1. The van der Waals surface area contributed by atoms with Crippen molar-refractivity contribution in [3.63, 3.8) is 0 Å². The topological polar surface area (TPSA) is 743 Å². The average molecular weight is 1800 g/mol. The number of guanidine groups is 1. The summed E-state index contributed by atoms with van der Waals surface area (Å²) in [6.45, 7) is 12.4. The fourth-order valence-electron chi connectivity index (χ4n) is 13.1. The first-order valence-corrected chi connectivity index (χ1v) is 42.1. The van der Waals surface area contributed by atoms with Gasteiger partial charge in [-0.05, 0) is 135 Å². The Kier molecular flexibility index (Phi) is 47.8. The molecule has 0 aromatic heterocycles. The highest BCUT2D eigenvalue weighted by Crippen LogP contribution is 2.19. The van der Waals surface area contributed by atoms with Crippen LogP contribution in [0.1, 0.15) is 162 Å². The highest BCUT2D eigenvalue weighted by Gasteiger charge is 2.40. The lowest BCUT2D eigenvalue weighted by Gasteiger charge is -2.30. The molecule has 3 aromatic carbocycles. The van der Waals surface area contributed by atoms with Crippen molar-refractivity contribution in [1.82, 2.24) is 79.8 Å². The molecule has 708 valence electrons. The van der Waals surface area contributed by atoms with Crippen molar-refractivity contribution in [2.75, 3.05) is 26.3 Å². The summed E-state index contributed by atoms with van der Waals surface area (Å²) in [5.74, 6) is -21.3. The van der Waals surface area contributed by atoms with Gasteiger partial charge in [-0.2, -0.15) is 0 Å². The van der Waals surface area contributed by atoms with Gasteiger partial charge in [0.25, 0.3) is 0 Å². The first-order valence-electron chi connectivity index (χ1n) is 42.1. The molecule has 44 nitrogen and oxygen atoms in total. The van der Waals surface area contributed by atoms with Gasteiger partial charge in [0.05, 0.1) is 19.6 Å². The van der Waals surface area contributed by atoms with E-state index in [1.54, 1.807) is 71.9 Å². The normalized spacial score (nSPS) is 14.4. The van der Waals surface area contributed by atoms with Crippen LogP contribution in [0.3, 0.4) is 0 Å². The molecule has 0 aliphatic heterocycles. The summed E-state index contributed by atoms with van der Waals surface area (Å²) in [5.41, 5.74) is 28.8. The van der Waals surface area contributed by atoms with Crippen LogP contribution in [0.2, 0.25) is 0 Å². The van der Waals surface area contributed by atoms with Gasteiger partial charge in [-0.1, -0.05) is 110 Å². The number of carbonyl (C=O) groups is 18. The molecular formula is C84H129N21O23. The number of aliphatic carboxylic acids is 1. The van der Waals surface area contributed by atoms with Crippen LogP contribution >= 0.6 is 0 Å². The molecule has 128 heavy (non-hydrogen) atoms. The van der Waals surface area contributed by atoms with Crippen molar-refractivity contribution in [1.29, 1.82) is 5.41 Å². The second-order valence-electron chi connectivity index (χ2n) is 32.7. The largest absolute Gasteiger partial charge is 0.508 e. The van der Waals surface area contributed by atoms with Crippen LogP contribution in [0.25, 0.3) is 0 Å². The molecule has 0 bridgehead atoms.